The molecule has 6 nitrogen and oxygen atoms in total. The van der Waals surface area contributed by atoms with Crippen molar-refractivity contribution in [2.24, 2.45) is 4.99 Å². The van der Waals surface area contributed by atoms with Crippen LogP contribution < -0.4 is 14.4 Å². The first kappa shape index (κ1) is 19.5. The first-order valence-electron chi connectivity index (χ1n) is 10.6. The number of hydrogen-bond donors (Lipinski definition) is 0. The van der Waals surface area contributed by atoms with E-state index < -0.39 is 0 Å². The Bertz CT molecular complexity index is 946. The lowest BCUT2D eigenvalue weighted by Crippen LogP contribution is -2.29. The van der Waals surface area contributed by atoms with Crippen LogP contribution >= 0.6 is 11.8 Å². The molecule has 3 aliphatic rings. The van der Waals surface area contributed by atoms with Crippen molar-refractivity contribution in [3.8, 4) is 11.5 Å². The molecule has 0 amide bonds. The Morgan fingerprint density at radius 2 is 1.87 bits per heavy atom. The molecule has 30 heavy (non-hydrogen) atoms. The van der Waals surface area contributed by atoms with E-state index in [1.165, 1.54) is 12.8 Å². The van der Waals surface area contributed by atoms with Crippen LogP contribution in [-0.2, 0) is 0 Å². The number of pyridine rings is 1. The summed E-state index contributed by atoms with van der Waals surface area (Å²) in [6, 6.07) is 10.4. The Kier molecular flexibility index (Phi) is 5.23. The minimum Gasteiger partial charge on any atom is -0.496 e. The lowest BCUT2D eigenvalue weighted by atomic mass is 9.94. The summed E-state index contributed by atoms with van der Waals surface area (Å²) >= 11 is 1.85. The lowest BCUT2D eigenvalue weighted by Gasteiger charge is -2.30. The Hall–Kier alpha value is -2.41. The highest BCUT2D eigenvalue weighted by Crippen LogP contribution is 2.51. The van der Waals surface area contributed by atoms with Gasteiger partial charge in [-0.15, -0.1) is 0 Å². The fourth-order valence-corrected chi connectivity index (χ4v) is 5.89. The van der Waals surface area contributed by atoms with Gasteiger partial charge in [-0.3, -0.25) is 9.98 Å². The molecule has 158 valence electrons. The summed E-state index contributed by atoms with van der Waals surface area (Å²) in [7, 11) is 3.51. The molecule has 2 fully saturated rings. The molecule has 5 rings (SSSR count). The van der Waals surface area contributed by atoms with E-state index in [-0.39, 0.29) is 12.1 Å². The van der Waals surface area contributed by atoms with Crippen molar-refractivity contribution in [1.29, 1.82) is 0 Å². The van der Waals surface area contributed by atoms with Crippen molar-refractivity contribution >= 4 is 22.6 Å². The number of aromatic nitrogens is 1. The predicted molar refractivity (Wildman–Crippen MR) is 122 cm³/mol. The van der Waals surface area contributed by atoms with E-state index in [0.717, 1.165) is 53.2 Å². The van der Waals surface area contributed by atoms with Crippen molar-refractivity contribution in [1.82, 2.24) is 9.88 Å². The smallest absolute Gasteiger partial charge is 0.160 e. The van der Waals surface area contributed by atoms with Crippen LogP contribution in [-0.4, -0.2) is 54.2 Å². The predicted octanol–water partition coefficient (Wildman–Crippen LogP) is 4.29. The molecule has 7 heteroatoms. The number of rotatable bonds is 5. The average Bonchev–Trinajstić information content (AvgIpc) is 3.49. The highest BCUT2D eigenvalue weighted by Gasteiger charge is 2.45. The molecular formula is C23H28N4O2S. The van der Waals surface area contributed by atoms with Crippen LogP contribution in [0, 0.1) is 0 Å². The second-order valence-electron chi connectivity index (χ2n) is 8.10. The van der Waals surface area contributed by atoms with Gasteiger partial charge >= 0.3 is 0 Å². The molecule has 1 aromatic heterocycles. The van der Waals surface area contributed by atoms with E-state index in [2.05, 4.69) is 39.9 Å². The molecule has 4 heterocycles. The zero-order valence-electron chi connectivity index (χ0n) is 17.7. The fraction of sp³-hybridized carbons (Fsp3) is 0.478. The van der Waals surface area contributed by atoms with Gasteiger partial charge in [-0.2, -0.15) is 0 Å². The van der Waals surface area contributed by atoms with Crippen LogP contribution in [0.15, 0.2) is 41.5 Å². The van der Waals surface area contributed by atoms with Crippen LogP contribution in [0.4, 0.5) is 5.69 Å². The monoisotopic (exact) mass is 424 g/mol. The topological polar surface area (TPSA) is 50.2 Å². The summed E-state index contributed by atoms with van der Waals surface area (Å²) in [6.45, 7) is 5.35. The van der Waals surface area contributed by atoms with Gasteiger partial charge in [0.05, 0.1) is 31.6 Å². The molecule has 3 atom stereocenters. The van der Waals surface area contributed by atoms with Crippen molar-refractivity contribution in [3.63, 3.8) is 0 Å². The number of hydrogen-bond acceptors (Lipinski definition) is 7. The number of thioether (sulfide) groups is 1. The van der Waals surface area contributed by atoms with E-state index in [1.54, 1.807) is 14.2 Å². The van der Waals surface area contributed by atoms with Crippen molar-refractivity contribution < 1.29 is 9.47 Å². The number of fused-ring (bicyclic) bond motifs is 1. The summed E-state index contributed by atoms with van der Waals surface area (Å²) in [5.74, 6) is 1.80. The maximum absolute atomic E-state index is 5.93. The van der Waals surface area contributed by atoms with Crippen molar-refractivity contribution in [2.75, 3.05) is 38.8 Å². The van der Waals surface area contributed by atoms with Gasteiger partial charge in [-0.1, -0.05) is 24.8 Å². The van der Waals surface area contributed by atoms with Crippen molar-refractivity contribution in [3.05, 3.63) is 47.8 Å². The Balaban J connectivity index is 1.61. The molecular weight excluding hydrogens is 396 g/mol. The second-order valence-corrected chi connectivity index (χ2v) is 9.50. The van der Waals surface area contributed by atoms with Gasteiger partial charge in [-0.25, -0.2) is 0 Å². The number of nitrogens with zero attached hydrogens (tertiary/aromatic N) is 4. The molecule has 2 saturated heterocycles. The molecule has 1 aromatic carbocycles. The molecule has 0 bridgehead atoms. The fourth-order valence-electron chi connectivity index (χ4n) is 4.80. The van der Waals surface area contributed by atoms with Gasteiger partial charge in [-0.05, 0) is 31.0 Å². The number of ether oxygens (including phenoxy) is 2. The Labute approximate surface area is 182 Å². The van der Waals surface area contributed by atoms with Gasteiger partial charge in [0.1, 0.15) is 17.5 Å². The molecule has 3 aliphatic heterocycles. The normalized spacial score (nSPS) is 25.4. The maximum atomic E-state index is 5.93. The number of aliphatic imine (C=N–C) groups is 1. The third-order valence-corrected chi connectivity index (χ3v) is 7.28. The summed E-state index contributed by atoms with van der Waals surface area (Å²) in [6.07, 6.45) is 4.29. The van der Waals surface area contributed by atoms with E-state index in [4.69, 9.17) is 14.5 Å². The summed E-state index contributed by atoms with van der Waals surface area (Å²) in [5, 5.41) is 1.63. The summed E-state index contributed by atoms with van der Waals surface area (Å²) in [4.78, 5) is 14.5. The number of amidine groups is 1. The molecule has 0 saturated carbocycles. The van der Waals surface area contributed by atoms with E-state index in [0.29, 0.717) is 5.25 Å². The number of methoxy groups -OCH3 is 2. The first-order chi connectivity index (χ1) is 14.7. The summed E-state index contributed by atoms with van der Waals surface area (Å²) in [5.41, 5.74) is 3.22. The minimum atomic E-state index is -0.0579. The van der Waals surface area contributed by atoms with Gasteiger partial charge in [0.25, 0.3) is 0 Å². The maximum Gasteiger partial charge on any atom is 0.160 e. The minimum absolute atomic E-state index is 0.0452. The largest absolute Gasteiger partial charge is 0.496 e. The zero-order chi connectivity index (χ0) is 20.7. The average molecular weight is 425 g/mol. The van der Waals surface area contributed by atoms with Gasteiger partial charge in [0, 0.05) is 42.7 Å². The van der Waals surface area contributed by atoms with Crippen LogP contribution in [0.5, 0.6) is 11.5 Å². The standard InChI is InChI=1S/C23H28N4O2S/c1-15-14-27-22(21(25-23(27)30-15)17-8-4-5-9-24-17)16-12-20(29-3)18(13-19(16)28-2)26-10-6-7-11-26/h4-5,8-9,12-13,15,21-22H,6-7,10-11,14H2,1-3H3/t15-,21-,22+/m0/s1. The molecule has 0 N–H and O–H groups in total. The van der Waals surface area contributed by atoms with E-state index >= 15 is 0 Å². The van der Waals surface area contributed by atoms with Crippen molar-refractivity contribution in [2.45, 2.75) is 37.1 Å². The van der Waals surface area contributed by atoms with Crippen LogP contribution in [0.2, 0.25) is 0 Å². The Morgan fingerprint density at radius 1 is 1.07 bits per heavy atom. The lowest BCUT2D eigenvalue weighted by molar-refractivity contribution is 0.306. The van der Waals surface area contributed by atoms with Gasteiger partial charge < -0.3 is 19.3 Å². The van der Waals surface area contributed by atoms with E-state index in [1.807, 2.05) is 30.1 Å². The molecule has 0 radical (unpaired) electrons. The highest BCUT2D eigenvalue weighted by molar-refractivity contribution is 8.14. The molecule has 0 aliphatic carbocycles. The zero-order valence-corrected chi connectivity index (χ0v) is 18.6. The number of benzene rings is 1. The van der Waals surface area contributed by atoms with Gasteiger partial charge in [0.2, 0.25) is 0 Å². The third-order valence-electron chi connectivity index (χ3n) is 6.18. The highest BCUT2D eigenvalue weighted by atomic mass is 32.2. The quantitative estimate of drug-likeness (QED) is 0.714. The SMILES string of the molecule is COc1cc(N2CCCC2)c(OC)cc1[C@@H]1[C@H](c2ccccn2)N=C2S[C@@H](C)CN21. The molecule has 0 unspecified atom stereocenters. The van der Waals surface area contributed by atoms with Crippen LogP contribution in [0.1, 0.15) is 43.1 Å². The third kappa shape index (κ3) is 3.29. The molecule has 2 aromatic rings. The summed E-state index contributed by atoms with van der Waals surface area (Å²) < 4.78 is 11.8. The Morgan fingerprint density at radius 3 is 2.57 bits per heavy atom. The second kappa shape index (κ2) is 8.02. The van der Waals surface area contributed by atoms with Gasteiger partial charge in [0.15, 0.2) is 5.17 Å². The number of anilines is 1. The molecule has 0 spiro atoms. The van der Waals surface area contributed by atoms with Crippen LogP contribution in [0.3, 0.4) is 0 Å². The van der Waals surface area contributed by atoms with Crippen LogP contribution in [0.25, 0.3) is 0 Å². The van der Waals surface area contributed by atoms with E-state index in [9.17, 15) is 0 Å². The first-order valence-corrected chi connectivity index (χ1v) is 11.5.